The number of rotatable bonds is 6. The predicted molar refractivity (Wildman–Crippen MR) is 124 cm³/mol. The molecule has 0 bridgehead atoms. The van der Waals surface area contributed by atoms with E-state index in [4.69, 9.17) is 15.2 Å². The zero-order valence-corrected chi connectivity index (χ0v) is 20.2. The normalized spacial score (nSPS) is 20.7. The fourth-order valence-corrected chi connectivity index (χ4v) is 3.61. The molecule has 2 unspecified atom stereocenters. The van der Waals surface area contributed by atoms with E-state index in [1.807, 2.05) is 60.6 Å². The number of aliphatic imine (C=N–C) groups is 1. The lowest BCUT2D eigenvalue weighted by molar-refractivity contribution is -0.0755. The van der Waals surface area contributed by atoms with Crippen LogP contribution in [0.15, 0.2) is 29.3 Å². The summed E-state index contributed by atoms with van der Waals surface area (Å²) in [5.74, 6) is 0.160. The lowest BCUT2D eigenvalue weighted by atomic mass is 10.1. The fraction of sp³-hybridized carbons (Fsp3) is 0.609. The maximum Gasteiger partial charge on any atom is 0.412 e. The molecule has 1 aliphatic rings. The number of amides is 2. The number of benzene rings is 1. The van der Waals surface area contributed by atoms with Crippen LogP contribution < -0.4 is 16.4 Å². The summed E-state index contributed by atoms with van der Waals surface area (Å²) < 4.78 is 11.7. The molecule has 1 aromatic rings. The lowest BCUT2D eigenvalue weighted by Crippen LogP contribution is -2.54. The Labute approximate surface area is 190 Å². The van der Waals surface area contributed by atoms with Crippen molar-refractivity contribution in [1.82, 2.24) is 15.5 Å². The molecule has 0 aliphatic carbocycles. The summed E-state index contributed by atoms with van der Waals surface area (Å²) in [6.07, 6.45) is -0.593. The Kier molecular flexibility index (Phi) is 8.12. The first-order valence-electron chi connectivity index (χ1n) is 10.9. The monoisotopic (exact) mass is 447 g/mol. The maximum absolute atomic E-state index is 12.9. The number of nitrogens with two attached hydrogens (primary N) is 1. The minimum absolute atomic E-state index is 0.186. The third kappa shape index (κ3) is 6.85. The Balaban J connectivity index is 2.10. The van der Waals surface area contributed by atoms with Crippen LogP contribution in [-0.4, -0.2) is 59.4 Å². The molecular formula is C23H37N5O4. The Morgan fingerprint density at radius 3 is 2.38 bits per heavy atom. The van der Waals surface area contributed by atoms with E-state index in [-0.39, 0.29) is 12.1 Å². The molecule has 32 heavy (non-hydrogen) atoms. The number of hydrogen-bond acceptors (Lipinski definition) is 5. The van der Waals surface area contributed by atoms with E-state index in [9.17, 15) is 9.59 Å². The van der Waals surface area contributed by atoms with Gasteiger partial charge in [0.1, 0.15) is 11.3 Å². The summed E-state index contributed by atoms with van der Waals surface area (Å²) in [6, 6.07) is 6.79. The van der Waals surface area contributed by atoms with Crippen LogP contribution in [0.25, 0.3) is 0 Å². The van der Waals surface area contributed by atoms with E-state index in [2.05, 4.69) is 15.6 Å². The summed E-state index contributed by atoms with van der Waals surface area (Å²) in [5.41, 5.74) is 5.31. The number of carbonyl (C=O) groups excluding carboxylic acids is 2. The van der Waals surface area contributed by atoms with Crippen molar-refractivity contribution in [3.05, 3.63) is 35.4 Å². The first-order chi connectivity index (χ1) is 14.8. The molecule has 0 saturated carbocycles. The number of nitrogens with zero attached hydrogens (tertiary/aromatic N) is 2. The second-order valence-corrected chi connectivity index (χ2v) is 9.32. The van der Waals surface area contributed by atoms with Crippen molar-refractivity contribution < 1.29 is 19.1 Å². The minimum atomic E-state index is -0.786. The van der Waals surface area contributed by atoms with Crippen LogP contribution >= 0.6 is 0 Å². The van der Waals surface area contributed by atoms with Crippen molar-refractivity contribution in [3.63, 3.8) is 0 Å². The summed E-state index contributed by atoms with van der Waals surface area (Å²) in [4.78, 5) is 30.4. The van der Waals surface area contributed by atoms with E-state index in [1.165, 1.54) is 0 Å². The fourth-order valence-electron chi connectivity index (χ4n) is 3.61. The average molecular weight is 448 g/mol. The molecule has 9 nitrogen and oxygen atoms in total. The van der Waals surface area contributed by atoms with Gasteiger partial charge in [-0.15, -0.1) is 0 Å². The number of ether oxygens (including phenoxy) is 2. The minimum Gasteiger partial charge on any atom is -0.444 e. The van der Waals surface area contributed by atoms with Gasteiger partial charge in [-0.3, -0.25) is 9.69 Å². The zero-order valence-electron chi connectivity index (χ0n) is 20.2. The van der Waals surface area contributed by atoms with E-state index < -0.39 is 23.3 Å². The Hall–Kier alpha value is -2.81. The smallest absolute Gasteiger partial charge is 0.412 e. The number of nitrogens with one attached hydrogen (secondary N) is 2. The molecule has 1 aromatic carbocycles. The first-order valence-corrected chi connectivity index (χ1v) is 10.9. The summed E-state index contributed by atoms with van der Waals surface area (Å²) in [7, 11) is 0. The molecule has 4 N–H and O–H groups in total. The van der Waals surface area contributed by atoms with Crippen molar-refractivity contribution in [1.29, 1.82) is 0 Å². The Morgan fingerprint density at radius 2 is 1.84 bits per heavy atom. The maximum atomic E-state index is 12.9. The summed E-state index contributed by atoms with van der Waals surface area (Å²) in [5, 5.41) is 6.53. The topological polar surface area (TPSA) is 118 Å². The highest BCUT2D eigenvalue weighted by Gasteiger charge is 2.49. The van der Waals surface area contributed by atoms with Gasteiger partial charge in [-0.05, 0) is 66.2 Å². The third-order valence-electron chi connectivity index (χ3n) is 5.00. The quantitative estimate of drug-likeness (QED) is 0.456. The van der Waals surface area contributed by atoms with Gasteiger partial charge in [0.25, 0.3) is 0 Å². The van der Waals surface area contributed by atoms with Crippen molar-refractivity contribution in [2.45, 2.75) is 78.5 Å². The van der Waals surface area contributed by atoms with Crippen molar-refractivity contribution >= 4 is 18.0 Å². The molecule has 1 aliphatic heterocycles. The van der Waals surface area contributed by atoms with Crippen LogP contribution in [0.5, 0.6) is 0 Å². The molecule has 178 valence electrons. The lowest BCUT2D eigenvalue weighted by Gasteiger charge is -2.35. The number of guanidine groups is 1. The molecule has 2 amide bonds. The van der Waals surface area contributed by atoms with E-state index in [0.29, 0.717) is 31.2 Å². The molecule has 0 spiro atoms. The van der Waals surface area contributed by atoms with Crippen molar-refractivity contribution in [2.24, 2.45) is 10.7 Å². The molecule has 9 heteroatoms. The second kappa shape index (κ2) is 10.2. The molecule has 2 atom stereocenters. The van der Waals surface area contributed by atoms with Gasteiger partial charge in [0.2, 0.25) is 5.91 Å². The number of carbonyl (C=O) groups is 2. The number of primary amides is 1. The molecule has 0 aromatic heterocycles. The van der Waals surface area contributed by atoms with Gasteiger partial charge in [0.15, 0.2) is 5.96 Å². The molecule has 1 saturated heterocycles. The Morgan fingerprint density at radius 1 is 1.22 bits per heavy atom. The summed E-state index contributed by atoms with van der Waals surface area (Å²) >= 11 is 0. The molecule has 1 fully saturated rings. The van der Waals surface area contributed by atoms with Crippen LogP contribution in [0.4, 0.5) is 4.79 Å². The average Bonchev–Trinajstić information content (AvgIpc) is 2.90. The van der Waals surface area contributed by atoms with Crippen LogP contribution in [-0.2, 0) is 16.0 Å². The highest BCUT2D eigenvalue weighted by atomic mass is 16.6. The van der Waals surface area contributed by atoms with Gasteiger partial charge < -0.3 is 25.8 Å². The molecule has 0 radical (unpaired) electrons. The molecular weight excluding hydrogens is 410 g/mol. The predicted octanol–water partition coefficient (Wildman–Crippen LogP) is 2.60. The molecule has 2 rings (SSSR count). The highest BCUT2D eigenvalue weighted by molar-refractivity contribution is 5.92. The second-order valence-electron chi connectivity index (χ2n) is 9.32. The van der Waals surface area contributed by atoms with Crippen molar-refractivity contribution in [3.8, 4) is 0 Å². The van der Waals surface area contributed by atoms with Crippen LogP contribution in [0.3, 0.4) is 0 Å². The van der Waals surface area contributed by atoms with Crippen LogP contribution in [0.1, 0.15) is 64.4 Å². The Bertz CT molecular complexity index is 830. The van der Waals surface area contributed by atoms with Gasteiger partial charge >= 0.3 is 6.09 Å². The van der Waals surface area contributed by atoms with Crippen molar-refractivity contribution in [2.75, 3.05) is 13.1 Å². The van der Waals surface area contributed by atoms with E-state index in [0.717, 1.165) is 5.56 Å². The van der Waals surface area contributed by atoms with Crippen LogP contribution in [0, 0.1) is 0 Å². The van der Waals surface area contributed by atoms with E-state index >= 15 is 0 Å². The van der Waals surface area contributed by atoms with E-state index in [1.54, 1.807) is 17.0 Å². The third-order valence-corrected chi connectivity index (χ3v) is 5.00. The zero-order chi connectivity index (χ0) is 24.1. The highest BCUT2D eigenvalue weighted by Crippen LogP contribution is 2.33. The first kappa shape index (κ1) is 25.5. The molecule has 1 heterocycles. The summed E-state index contributed by atoms with van der Waals surface area (Å²) in [6.45, 7) is 14.7. The van der Waals surface area contributed by atoms with Gasteiger partial charge in [-0.1, -0.05) is 12.1 Å². The van der Waals surface area contributed by atoms with Crippen LogP contribution in [0.2, 0.25) is 0 Å². The van der Waals surface area contributed by atoms with Gasteiger partial charge in [-0.2, -0.15) is 0 Å². The standard InChI is InChI=1S/C23H37N5O4/c1-8-25-20(26-13-16-9-11-17(12-10-16)19(24)29)27-14-18-15(2)31-23(6,7)28(18)21(30)32-22(3,4)5/h9-12,15,18H,8,13-14H2,1-7H3,(H2,24,29)(H2,25,26,27). The van der Waals surface area contributed by atoms with Gasteiger partial charge in [-0.25, -0.2) is 9.79 Å². The largest absolute Gasteiger partial charge is 0.444 e. The van der Waals surface area contributed by atoms with Gasteiger partial charge in [0, 0.05) is 18.7 Å². The SMILES string of the molecule is CCNC(=NCc1ccc(C(N)=O)cc1)NCC1C(C)OC(C)(C)N1C(=O)OC(C)(C)C. The number of hydrogen-bond donors (Lipinski definition) is 3. The van der Waals surface area contributed by atoms with Gasteiger partial charge in [0.05, 0.1) is 18.7 Å².